The van der Waals surface area contributed by atoms with E-state index in [4.69, 9.17) is 4.74 Å². The van der Waals surface area contributed by atoms with Crippen molar-refractivity contribution in [3.63, 3.8) is 0 Å². The fourth-order valence-corrected chi connectivity index (χ4v) is 1.86. The van der Waals surface area contributed by atoms with Crippen LogP contribution in [0.15, 0.2) is 42.5 Å². The van der Waals surface area contributed by atoms with Crippen LogP contribution >= 0.6 is 0 Å². The second-order valence-corrected chi connectivity index (χ2v) is 5.00. The van der Waals surface area contributed by atoms with Crippen LogP contribution in [0.25, 0.3) is 0 Å². The SMILES string of the molecule is Cc1ccc(C(=O)NNC(=O)COc2ccc(F)cc2)cc1[N+](=O)[O-]. The van der Waals surface area contributed by atoms with Gasteiger partial charge in [-0.05, 0) is 37.3 Å². The van der Waals surface area contributed by atoms with Crippen molar-refractivity contribution in [2.45, 2.75) is 6.92 Å². The van der Waals surface area contributed by atoms with Gasteiger partial charge in [0.25, 0.3) is 17.5 Å². The predicted octanol–water partition coefficient (Wildman–Crippen LogP) is 1.88. The normalized spacial score (nSPS) is 10.0. The smallest absolute Gasteiger partial charge is 0.276 e. The molecule has 0 saturated carbocycles. The Bertz CT molecular complexity index is 808. The molecule has 0 aliphatic carbocycles. The van der Waals surface area contributed by atoms with Crippen molar-refractivity contribution in [3.05, 3.63) is 69.5 Å². The molecule has 0 radical (unpaired) electrons. The van der Waals surface area contributed by atoms with Gasteiger partial charge in [0.15, 0.2) is 6.61 Å². The Morgan fingerprint density at radius 3 is 2.48 bits per heavy atom. The van der Waals surface area contributed by atoms with Crippen molar-refractivity contribution >= 4 is 17.5 Å². The molecule has 0 fully saturated rings. The molecule has 0 bridgehead atoms. The Morgan fingerprint density at radius 2 is 1.84 bits per heavy atom. The molecule has 2 aromatic rings. The van der Waals surface area contributed by atoms with E-state index in [1.807, 2.05) is 0 Å². The van der Waals surface area contributed by atoms with Crippen molar-refractivity contribution in [2.75, 3.05) is 6.61 Å². The summed E-state index contributed by atoms with van der Waals surface area (Å²) >= 11 is 0. The van der Waals surface area contributed by atoms with Crippen LogP contribution in [-0.4, -0.2) is 23.3 Å². The zero-order chi connectivity index (χ0) is 18.4. The number of rotatable bonds is 5. The van der Waals surface area contributed by atoms with Crippen LogP contribution in [-0.2, 0) is 4.79 Å². The number of carbonyl (C=O) groups excluding carboxylic acids is 2. The molecule has 2 N–H and O–H groups in total. The molecule has 0 heterocycles. The van der Waals surface area contributed by atoms with Crippen LogP contribution in [0.5, 0.6) is 5.75 Å². The van der Waals surface area contributed by atoms with Gasteiger partial charge in [-0.25, -0.2) is 4.39 Å². The van der Waals surface area contributed by atoms with Crippen LogP contribution in [0, 0.1) is 22.9 Å². The number of amides is 2. The molecule has 25 heavy (non-hydrogen) atoms. The lowest BCUT2D eigenvalue weighted by molar-refractivity contribution is -0.385. The lowest BCUT2D eigenvalue weighted by Crippen LogP contribution is -2.43. The average Bonchev–Trinajstić information content (AvgIpc) is 2.59. The van der Waals surface area contributed by atoms with Gasteiger partial charge in [0, 0.05) is 17.2 Å². The van der Waals surface area contributed by atoms with Crippen LogP contribution in [0.3, 0.4) is 0 Å². The standard InChI is InChI=1S/C16H14FN3O5/c1-10-2-3-11(8-14(10)20(23)24)16(22)19-18-15(21)9-25-13-6-4-12(17)5-7-13/h2-8H,9H2,1H3,(H,18,21)(H,19,22). The third-order valence-corrected chi connectivity index (χ3v) is 3.17. The molecule has 0 aliphatic heterocycles. The lowest BCUT2D eigenvalue weighted by atomic mass is 10.1. The maximum absolute atomic E-state index is 12.7. The average molecular weight is 347 g/mol. The molecule has 0 aliphatic rings. The van der Waals surface area contributed by atoms with Crippen molar-refractivity contribution in [2.24, 2.45) is 0 Å². The molecular formula is C16H14FN3O5. The number of hydrazine groups is 1. The van der Waals surface area contributed by atoms with E-state index in [2.05, 4.69) is 10.9 Å². The van der Waals surface area contributed by atoms with Crippen LogP contribution < -0.4 is 15.6 Å². The largest absolute Gasteiger partial charge is 0.484 e. The zero-order valence-electron chi connectivity index (χ0n) is 13.1. The lowest BCUT2D eigenvalue weighted by Gasteiger charge is -2.09. The van der Waals surface area contributed by atoms with Crippen LogP contribution in [0.2, 0.25) is 0 Å². The first-order valence-electron chi connectivity index (χ1n) is 7.09. The first-order valence-corrected chi connectivity index (χ1v) is 7.09. The Balaban J connectivity index is 1.87. The Hall–Kier alpha value is -3.49. The van der Waals surface area contributed by atoms with Gasteiger partial charge in [0.2, 0.25) is 0 Å². The van der Waals surface area contributed by atoms with Gasteiger partial charge < -0.3 is 4.74 Å². The first kappa shape index (κ1) is 17.9. The minimum Gasteiger partial charge on any atom is -0.484 e. The summed E-state index contributed by atoms with van der Waals surface area (Å²) in [5, 5.41) is 10.9. The predicted molar refractivity (Wildman–Crippen MR) is 85.3 cm³/mol. The van der Waals surface area contributed by atoms with E-state index in [-0.39, 0.29) is 17.0 Å². The van der Waals surface area contributed by atoms with Gasteiger partial charge >= 0.3 is 0 Å². The fraction of sp³-hybridized carbons (Fsp3) is 0.125. The Kier molecular flexibility index (Phi) is 5.62. The number of carbonyl (C=O) groups is 2. The molecule has 9 heteroatoms. The molecule has 0 spiro atoms. The van der Waals surface area contributed by atoms with Crippen molar-refractivity contribution in [1.29, 1.82) is 0 Å². The molecule has 2 rings (SSSR count). The number of nitro groups is 1. The number of nitrogens with zero attached hydrogens (tertiary/aromatic N) is 1. The van der Waals surface area contributed by atoms with E-state index in [1.54, 1.807) is 6.92 Å². The fourth-order valence-electron chi connectivity index (χ4n) is 1.86. The Labute approximate surface area is 141 Å². The number of hydrogen-bond donors (Lipinski definition) is 2. The summed E-state index contributed by atoms with van der Waals surface area (Å²) in [6, 6.07) is 9.02. The number of ether oxygens (including phenoxy) is 1. The van der Waals surface area contributed by atoms with Crippen molar-refractivity contribution in [3.8, 4) is 5.75 Å². The highest BCUT2D eigenvalue weighted by Crippen LogP contribution is 2.19. The molecule has 0 aromatic heterocycles. The molecule has 0 saturated heterocycles. The van der Waals surface area contributed by atoms with Gasteiger partial charge in [-0.3, -0.25) is 30.6 Å². The third kappa shape index (κ3) is 4.99. The maximum Gasteiger partial charge on any atom is 0.276 e. The summed E-state index contributed by atoms with van der Waals surface area (Å²) in [5.41, 5.74) is 4.49. The Morgan fingerprint density at radius 1 is 1.16 bits per heavy atom. The van der Waals surface area contributed by atoms with Crippen LogP contribution in [0.1, 0.15) is 15.9 Å². The second-order valence-electron chi connectivity index (χ2n) is 5.00. The summed E-state index contributed by atoms with van der Waals surface area (Å²) in [7, 11) is 0. The quantitative estimate of drug-likeness (QED) is 0.634. The summed E-state index contributed by atoms with van der Waals surface area (Å²) in [6.45, 7) is 1.15. The van der Waals surface area contributed by atoms with E-state index >= 15 is 0 Å². The monoisotopic (exact) mass is 347 g/mol. The topological polar surface area (TPSA) is 111 Å². The maximum atomic E-state index is 12.7. The molecule has 130 valence electrons. The highest BCUT2D eigenvalue weighted by Gasteiger charge is 2.15. The number of nitro benzene ring substituents is 1. The number of benzene rings is 2. The summed E-state index contributed by atoms with van der Waals surface area (Å²) in [5.74, 6) is -1.51. The minimum absolute atomic E-state index is 0.0250. The minimum atomic E-state index is -0.710. The third-order valence-electron chi connectivity index (χ3n) is 3.17. The van der Waals surface area contributed by atoms with Gasteiger partial charge in [-0.1, -0.05) is 6.07 Å². The number of nitrogens with one attached hydrogen (secondary N) is 2. The number of aryl methyl sites for hydroxylation is 1. The number of hydrogen-bond acceptors (Lipinski definition) is 5. The molecule has 2 aromatic carbocycles. The van der Waals surface area contributed by atoms with Crippen molar-refractivity contribution < 1.29 is 23.6 Å². The van der Waals surface area contributed by atoms with Gasteiger partial charge in [-0.15, -0.1) is 0 Å². The zero-order valence-corrected chi connectivity index (χ0v) is 13.1. The summed E-state index contributed by atoms with van der Waals surface area (Å²) < 4.78 is 17.8. The summed E-state index contributed by atoms with van der Waals surface area (Å²) in [6.07, 6.45) is 0. The summed E-state index contributed by atoms with van der Waals surface area (Å²) in [4.78, 5) is 33.8. The number of halogens is 1. The molecule has 0 unspecified atom stereocenters. The first-order chi connectivity index (χ1) is 11.9. The highest BCUT2D eigenvalue weighted by atomic mass is 19.1. The van der Waals surface area contributed by atoms with E-state index in [0.717, 1.165) is 6.07 Å². The van der Waals surface area contributed by atoms with Gasteiger partial charge in [0.1, 0.15) is 11.6 Å². The van der Waals surface area contributed by atoms with Gasteiger partial charge in [-0.2, -0.15) is 0 Å². The van der Waals surface area contributed by atoms with E-state index < -0.39 is 29.2 Å². The van der Waals surface area contributed by atoms with Gasteiger partial charge in [0.05, 0.1) is 4.92 Å². The second kappa shape index (κ2) is 7.86. The van der Waals surface area contributed by atoms with Crippen molar-refractivity contribution in [1.82, 2.24) is 10.9 Å². The molecule has 8 nitrogen and oxygen atoms in total. The van der Waals surface area contributed by atoms with Crippen LogP contribution in [0.4, 0.5) is 10.1 Å². The highest BCUT2D eigenvalue weighted by molar-refractivity contribution is 5.96. The molecule has 2 amide bonds. The molecule has 0 atom stereocenters. The van der Waals surface area contributed by atoms with E-state index in [0.29, 0.717) is 5.56 Å². The van der Waals surface area contributed by atoms with E-state index in [1.165, 1.54) is 36.4 Å². The molecular weight excluding hydrogens is 333 g/mol. The van der Waals surface area contributed by atoms with E-state index in [9.17, 15) is 24.1 Å².